The predicted molar refractivity (Wildman–Crippen MR) is 85.5 cm³/mol. The maximum absolute atomic E-state index is 12.9. The van der Waals surface area contributed by atoms with Gasteiger partial charge in [0, 0.05) is 26.2 Å². The summed E-state index contributed by atoms with van der Waals surface area (Å²) in [5, 5.41) is 12.0. The van der Waals surface area contributed by atoms with Gasteiger partial charge in [0.25, 0.3) is 0 Å². The van der Waals surface area contributed by atoms with Crippen molar-refractivity contribution in [3.8, 4) is 0 Å². The van der Waals surface area contributed by atoms with Gasteiger partial charge in [-0.25, -0.2) is 9.18 Å². The summed E-state index contributed by atoms with van der Waals surface area (Å²) in [6.45, 7) is 1.82. The van der Waals surface area contributed by atoms with Crippen molar-refractivity contribution in [1.82, 2.24) is 10.2 Å². The quantitative estimate of drug-likeness (QED) is 0.809. The summed E-state index contributed by atoms with van der Waals surface area (Å²) in [7, 11) is 0. The second-order valence-electron chi connectivity index (χ2n) is 5.78. The van der Waals surface area contributed by atoms with Crippen molar-refractivity contribution in [1.29, 1.82) is 0 Å². The highest BCUT2D eigenvalue weighted by molar-refractivity contribution is 5.74. The van der Waals surface area contributed by atoms with Crippen molar-refractivity contribution >= 4 is 6.03 Å². The highest BCUT2D eigenvalue weighted by atomic mass is 19.1. The zero-order valence-electron chi connectivity index (χ0n) is 13.3. The van der Waals surface area contributed by atoms with Crippen molar-refractivity contribution in [2.45, 2.75) is 38.3 Å². The molecule has 0 bridgehead atoms. The van der Waals surface area contributed by atoms with Crippen LogP contribution >= 0.6 is 0 Å². The number of carbonyl (C=O) groups excluding carboxylic acids is 1. The monoisotopic (exact) mass is 324 g/mol. The Hall–Kier alpha value is -1.66. The molecule has 5 nitrogen and oxygen atoms in total. The molecule has 6 heteroatoms. The highest BCUT2D eigenvalue weighted by Crippen LogP contribution is 2.15. The molecule has 0 spiro atoms. The highest BCUT2D eigenvalue weighted by Gasteiger charge is 2.16. The first-order valence-corrected chi connectivity index (χ1v) is 8.18. The van der Waals surface area contributed by atoms with E-state index in [0.717, 1.165) is 31.4 Å². The van der Waals surface area contributed by atoms with Gasteiger partial charge in [-0.1, -0.05) is 12.1 Å². The lowest BCUT2D eigenvalue weighted by Crippen LogP contribution is -2.42. The van der Waals surface area contributed by atoms with Gasteiger partial charge in [-0.2, -0.15) is 0 Å². The Morgan fingerprint density at radius 3 is 2.78 bits per heavy atom. The number of aliphatic hydroxyl groups excluding tert-OH is 1. The molecule has 0 unspecified atom stereocenters. The summed E-state index contributed by atoms with van der Waals surface area (Å²) in [5.74, 6) is -0.306. The number of benzene rings is 1. The summed E-state index contributed by atoms with van der Waals surface area (Å²) in [5.41, 5.74) is 0.825. The van der Waals surface area contributed by atoms with Crippen molar-refractivity contribution in [2.24, 2.45) is 0 Å². The molecule has 128 valence electrons. The molecule has 23 heavy (non-hydrogen) atoms. The second kappa shape index (κ2) is 9.47. The van der Waals surface area contributed by atoms with Crippen molar-refractivity contribution in [2.75, 3.05) is 26.3 Å². The zero-order valence-corrected chi connectivity index (χ0v) is 13.3. The minimum absolute atomic E-state index is 0.111. The van der Waals surface area contributed by atoms with Gasteiger partial charge < -0.3 is 20.1 Å². The maximum atomic E-state index is 12.9. The molecule has 0 saturated carbocycles. The van der Waals surface area contributed by atoms with E-state index in [9.17, 15) is 9.18 Å². The van der Waals surface area contributed by atoms with Crippen LogP contribution in [0.2, 0.25) is 0 Å². The fourth-order valence-corrected chi connectivity index (χ4v) is 2.67. The number of nitrogens with zero attached hydrogens (tertiary/aromatic N) is 1. The Bertz CT molecular complexity index is 475. The summed E-state index contributed by atoms with van der Waals surface area (Å²) in [6, 6.07) is 5.79. The van der Waals surface area contributed by atoms with E-state index in [1.807, 2.05) is 0 Å². The Morgan fingerprint density at radius 2 is 2.13 bits per heavy atom. The molecular weight excluding hydrogens is 299 g/mol. The molecule has 2 amide bonds. The number of nitrogens with one attached hydrogen (secondary N) is 1. The van der Waals surface area contributed by atoms with E-state index in [1.165, 1.54) is 23.5 Å². The Labute approximate surface area is 136 Å². The lowest BCUT2D eigenvalue weighted by Gasteiger charge is -2.25. The minimum Gasteiger partial charge on any atom is -0.395 e. The summed E-state index contributed by atoms with van der Waals surface area (Å²) in [6.07, 6.45) is 4.37. The lowest BCUT2D eigenvalue weighted by molar-refractivity contribution is 0.0118. The van der Waals surface area contributed by atoms with Crippen LogP contribution in [-0.2, 0) is 11.3 Å². The number of hydrogen-bond acceptors (Lipinski definition) is 3. The van der Waals surface area contributed by atoms with Crippen LogP contribution < -0.4 is 5.32 Å². The van der Waals surface area contributed by atoms with E-state index in [-0.39, 0.29) is 31.1 Å². The van der Waals surface area contributed by atoms with Gasteiger partial charge in [-0.05, 0) is 43.4 Å². The Kier molecular flexibility index (Phi) is 7.29. The standard InChI is InChI=1S/C17H25FN2O3/c18-15-6-4-14(5-7-15)13-20(10-11-21)17(22)19-9-8-16-3-1-2-12-23-16/h4-7,16,21H,1-3,8-13H2,(H,19,22)/t16-/m0/s1. The van der Waals surface area contributed by atoms with E-state index >= 15 is 0 Å². The van der Waals surface area contributed by atoms with E-state index in [1.54, 1.807) is 12.1 Å². The molecule has 1 fully saturated rings. The first kappa shape index (κ1) is 17.7. The van der Waals surface area contributed by atoms with Gasteiger partial charge in [0.2, 0.25) is 0 Å². The van der Waals surface area contributed by atoms with Gasteiger partial charge in [-0.15, -0.1) is 0 Å². The van der Waals surface area contributed by atoms with Crippen molar-refractivity contribution in [3.05, 3.63) is 35.6 Å². The van der Waals surface area contributed by atoms with Gasteiger partial charge in [-0.3, -0.25) is 0 Å². The van der Waals surface area contributed by atoms with Crippen LogP contribution in [0.25, 0.3) is 0 Å². The van der Waals surface area contributed by atoms with Crippen LogP contribution in [0.4, 0.5) is 9.18 Å². The fraction of sp³-hybridized carbons (Fsp3) is 0.588. The summed E-state index contributed by atoms with van der Waals surface area (Å²) < 4.78 is 18.6. The van der Waals surface area contributed by atoms with Crippen molar-refractivity contribution < 1.29 is 19.0 Å². The molecule has 1 aromatic carbocycles. The smallest absolute Gasteiger partial charge is 0.317 e. The number of halogens is 1. The van der Waals surface area contributed by atoms with Crippen molar-refractivity contribution in [3.63, 3.8) is 0 Å². The zero-order chi connectivity index (χ0) is 16.5. The topological polar surface area (TPSA) is 61.8 Å². The average Bonchev–Trinajstić information content (AvgIpc) is 2.57. The SMILES string of the molecule is O=C(NCC[C@@H]1CCCCO1)N(CCO)Cc1ccc(F)cc1. The molecule has 1 heterocycles. The molecule has 1 aliphatic rings. The molecule has 0 aliphatic carbocycles. The van der Waals surface area contributed by atoms with Gasteiger partial charge in [0.1, 0.15) is 5.82 Å². The molecule has 1 atom stereocenters. The summed E-state index contributed by atoms with van der Waals surface area (Å²) >= 11 is 0. The average molecular weight is 324 g/mol. The lowest BCUT2D eigenvalue weighted by atomic mass is 10.1. The third-order valence-electron chi connectivity index (χ3n) is 3.96. The fourth-order valence-electron chi connectivity index (χ4n) is 2.67. The van der Waals surface area contributed by atoms with E-state index < -0.39 is 0 Å². The van der Waals surface area contributed by atoms with E-state index in [2.05, 4.69) is 5.32 Å². The first-order valence-electron chi connectivity index (χ1n) is 8.18. The maximum Gasteiger partial charge on any atom is 0.317 e. The largest absolute Gasteiger partial charge is 0.395 e. The van der Waals surface area contributed by atoms with Crippen LogP contribution in [0.1, 0.15) is 31.2 Å². The van der Waals surface area contributed by atoms with Crippen LogP contribution in [0.5, 0.6) is 0 Å². The Balaban J connectivity index is 1.78. The Morgan fingerprint density at radius 1 is 1.35 bits per heavy atom. The number of amides is 2. The molecule has 2 N–H and O–H groups in total. The van der Waals surface area contributed by atoms with Gasteiger partial charge in [0.15, 0.2) is 0 Å². The number of carbonyl (C=O) groups is 1. The van der Waals surface area contributed by atoms with Crippen LogP contribution in [0.15, 0.2) is 24.3 Å². The minimum atomic E-state index is -0.306. The number of aliphatic hydroxyl groups is 1. The second-order valence-corrected chi connectivity index (χ2v) is 5.78. The van der Waals surface area contributed by atoms with Gasteiger partial charge in [0.05, 0.1) is 12.7 Å². The third kappa shape index (κ3) is 6.15. The third-order valence-corrected chi connectivity index (χ3v) is 3.96. The van der Waals surface area contributed by atoms with Gasteiger partial charge >= 0.3 is 6.03 Å². The molecule has 2 rings (SSSR count). The molecule has 0 radical (unpaired) electrons. The van der Waals surface area contributed by atoms with Crippen LogP contribution in [-0.4, -0.2) is 48.4 Å². The molecular formula is C17H25FN2O3. The van der Waals surface area contributed by atoms with E-state index in [4.69, 9.17) is 9.84 Å². The molecule has 1 saturated heterocycles. The summed E-state index contributed by atoms with van der Waals surface area (Å²) in [4.78, 5) is 13.8. The molecule has 1 aliphatic heterocycles. The normalized spacial score (nSPS) is 17.7. The number of ether oxygens (including phenoxy) is 1. The van der Waals surface area contributed by atoms with Crippen LogP contribution in [0.3, 0.4) is 0 Å². The molecule has 0 aromatic heterocycles. The number of hydrogen-bond donors (Lipinski definition) is 2. The predicted octanol–water partition coefficient (Wildman–Crippen LogP) is 2.29. The number of rotatable bonds is 7. The molecule has 1 aromatic rings. The van der Waals surface area contributed by atoms with Crippen LogP contribution in [0, 0.1) is 5.82 Å². The van der Waals surface area contributed by atoms with E-state index in [0.29, 0.717) is 13.1 Å². The number of urea groups is 1. The first-order chi connectivity index (χ1) is 11.2.